The number of nitrogens with zero attached hydrogens (tertiary/aromatic N) is 3. The highest BCUT2D eigenvalue weighted by molar-refractivity contribution is 5.79. The summed E-state index contributed by atoms with van der Waals surface area (Å²) in [5.41, 5.74) is 1.19. The normalized spacial score (nSPS) is 11.4. The van der Waals surface area contributed by atoms with Gasteiger partial charge in [-0.3, -0.25) is 9.67 Å². The Balaban J connectivity index is 1.79. The number of guanidine groups is 1. The molecule has 0 saturated carbocycles. The fraction of sp³-hybridized carbons (Fsp3) is 0.375. The zero-order valence-corrected chi connectivity index (χ0v) is 13.0. The largest absolute Gasteiger partial charge is 0.469 e. The third-order valence-corrected chi connectivity index (χ3v) is 3.22. The summed E-state index contributed by atoms with van der Waals surface area (Å²) in [4.78, 5) is 4.54. The van der Waals surface area contributed by atoms with E-state index in [2.05, 4.69) is 27.3 Å². The quantitative estimate of drug-likeness (QED) is 0.441. The molecule has 0 aromatic carbocycles. The van der Waals surface area contributed by atoms with E-state index < -0.39 is 0 Å². The van der Waals surface area contributed by atoms with Gasteiger partial charge in [0.1, 0.15) is 5.76 Å². The van der Waals surface area contributed by atoms with E-state index in [1.54, 1.807) is 6.26 Å². The number of hydrogen-bond donors (Lipinski definition) is 2. The van der Waals surface area contributed by atoms with E-state index in [0.717, 1.165) is 31.1 Å². The van der Waals surface area contributed by atoms with E-state index in [0.29, 0.717) is 13.1 Å². The van der Waals surface area contributed by atoms with Crippen LogP contribution in [0.5, 0.6) is 0 Å². The monoisotopic (exact) mass is 301 g/mol. The molecule has 2 N–H and O–H groups in total. The maximum absolute atomic E-state index is 5.30. The molecule has 0 amide bonds. The van der Waals surface area contributed by atoms with Crippen LogP contribution >= 0.6 is 0 Å². The molecule has 0 saturated heterocycles. The van der Waals surface area contributed by atoms with Gasteiger partial charge in [-0.1, -0.05) is 6.08 Å². The van der Waals surface area contributed by atoms with E-state index in [4.69, 9.17) is 4.42 Å². The molecule has 6 heteroatoms. The van der Waals surface area contributed by atoms with Crippen molar-refractivity contribution in [1.82, 2.24) is 20.4 Å². The number of nitrogens with one attached hydrogen (secondary N) is 2. The van der Waals surface area contributed by atoms with Crippen molar-refractivity contribution in [2.45, 2.75) is 12.8 Å². The molecular weight excluding hydrogens is 278 g/mol. The van der Waals surface area contributed by atoms with Gasteiger partial charge in [0.25, 0.3) is 0 Å². The molecule has 22 heavy (non-hydrogen) atoms. The summed E-state index contributed by atoms with van der Waals surface area (Å²) in [5.74, 6) is 1.73. The molecule has 2 heterocycles. The molecule has 0 aliphatic heterocycles. The third-order valence-electron chi connectivity index (χ3n) is 3.22. The second kappa shape index (κ2) is 8.71. The van der Waals surface area contributed by atoms with Crippen LogP contribution in [0.25, 0.3) is 0 Å². The molecule has 0 unspecified atom stereocenters. The minimum Gasteiger partial charge on any atom is -0.469 e. The van der Waals surface area contributed by atoms with Gasteiger partial charge in [-0.15, -0.1) is 6.58 Å². The predicted molar refractivity (Wildman–Crippen MR) is 87.8 cm³/mol. The molecule has 0 aliphatic carbocycles. The molecule has 0 fully saturated rings. The fourth-order valence-electron chi connectivity index (χ4n) is 2.03. The lowest BCUT2D eigenvalue weighted by Crippen LogP contribution is -2.38. The lowest BCUT2D eigenvalue weighted by atomic mass is 10.3. The number of rotatable bonds is 8. The molecule has 0 bridgehead atoms. The zero-order chi connectivity index (χ0) is 15.6. The molecule has 0 aliphatic rings. The summed E-state index contributed by atoms with van der Waals surface area (Å²) in [6, 6.07) is 5.87. The van der Waals surface area contributed by atoms with E-state index in [9.17, 15) is 0 Å². The summed E-state index contributed by atoms with van der Waals surface area (Å²) in [6.45, 7) is 5.86. The average molecular weight is 301 g/mol. The van der Waals surface area contributed by atoms with Crippen molar-refractivity contribution in [3.8, 4) is 0 Å². The van der Waals surface area contributed by atoms with Crippen LogP contribution in [-0.4, -0.2) is 35.4 Å². The summed E-state index contributed by atoms with van der Waals surface area (Å²) in [5, 5.41) is 10.7. The lowest BCUT2D eigenvalue weighted by Gasteiger charge is -2.11. The van der Waals surface area contributed by atoms with Crippen molar-refractivity contribution in [3.63, 3.8) is 0 Å². The standard InChI is InChI=1S/C16H23N5O/c1-3-9-17-16(19-11-8-15-5-4-13-22-15)18-10-6-14-7-12-20-21(14)2/h3-5,7,12-13H,1,6,8-11H2,2H3,(H2,17,18,19). The Kier molecular flexibility index (Phi) is 6.29. The number of hydrogen-bond acceptors (Lipinski definition) is 3. The van der Waals surface area contributed by atoms with Crippen molar-refractivity contribution < 1.29 is 4.42 Å². The van der Waals surface area contributed by atoms with Crippen molar-refractivity contribution in [3.05, 3.63) is 54.8 Å². The van der Waals surface area contributed by atoms with Crippen LogP contribution in [0.15, 0.2) is 52.7 Å². The Morgan fingerprint density at radius 3 is 3.00 bits per heavy atom. The van der Waals surface area contributed by atoms with Crippen molar-refractivity contribution in [2.75, 3.05) is 19.6 Å². The first-order valence-corrected chi connectivity index (χ1v) is 7.42. The van der Waals surface area contributed by atoms with Crippen LogP contribution in [0.1, 0.15) is 11.5 Å². The highest BCUT2D eigenvalue weighted by Crippen LogP contribution is 2.00. The first kappa shape index (κ1) is 15.9. The van der Waals surface area contributed by atoms with E-state index in [1.807, 2.05) is 42.2 Å². The Morgan fingerprint density at radius 1 is 1.41 bits per heavy atom. The number of aryl methyl sites for hydroxylation is 1. The molecule has 0 atom stereocenters. The van der Waals surface area contributed by atoms with E-state index in [-0.39, 0.29) is 0 Å². The minimum atomic E-state index is 0.672. The number of furan rings is 1. The summed E-state index contributed by atoms with van der Waals surface area (Å²) in [7, 11) is 1.95. The third kappa shape index (κ3) is 5.12. The molecule has 0 spiro atoms. The predicted octanol–water partition coefficient (Wildman–Crippen LogP) is 1.52. The Hall–Kier alpha value is -2.50. The van der Waals surface area contributed by atoms with Crippen molar-refractivity contribution in [1.29, 1.82) is 0 Å². The second-order valence-corrected chi connectivity index (χ2v) is 4.85. The van der Waals surface area contributed by atoms with Gasteiger partial charge in [0.2, 0.25) is 0 Å². The van der Waals surface area contributed by atoms with Gasteiger partial charge >= 0.3 is 0 Å². The molecule has 118 valence electrons. The van der Waals surface area contributed by atoms with Gasteiger partial charge in [-0.2, -0.15) is 5.10 Å². The van der Waals surface area contributed by atoms with Crippen LogP contribution in [0, 0.1) is 0 Å². The van der Waals surface area contributed by atoms with Gasteiger partial charge in [0.15, 0.2) is 5.96 Å². The molecule has 2 aromatic rings. The average Bonchev–Trinajstić information content (AvgIpc) is 3.16. The lowest BCUT2D eigenvalue weighted by molar-refractivity contribution is 0.510. The SMILES string of the molecule is C=CCNC(=NCCc1ccco1)NCCc1ccnn1C. The highest BCUT2D eigenvalue weighted by Gasteiger charge is 2.01. The topological polar surface area (TPSA) is 67.4 Å². The molecule has 6 nitrogen and oxygen atoms in total. The number of aliphatic imine (C=N–C) groups is 1. The van der Waals surface area contributed by atoms with E-state index in [1.165, 1.54) is 5.69 Å². The van der Waals surface area contributed by atoms with Crippen LogP contribution in [0.2, 0.25) is 0 Å². The molecular formula is C16H23N5O. The fourth-order valence-corrected chi connectivity index (χ4v) is 2.03. The first-order valence-electron chi connectivity index (χ1n) is 7.42. The van der Waals surface area contributed by atoms with Crippen LogP contribution in [0.4, 0.5) is 0 Å². The highest BCUT2D eigenvalue weighted by atomic mass is 16.3. The van der Waals surface area contributed by atoms with E-state index >= 15 is 0 Å². The van der Waals surface area contributed by atoms with Crippen molar-refractivity contribution >= 4 is 5.96 Å². The first-order chi connectivity index (χ1) is 10.8. The Bertz CT molecular complexity index is 585. The van der Waals surface area contributed by atoms with Gasteiger partial charge in [0.05, 0.1) is 6.26 Å². The van der Waals surface area contributed by atoms with Gasteiger partial charge in [-0.25, -0.2) is 0 Å². The second-order valence-electron chi connectivity index (χ2n) is 4.85. The van der Waals surface area contributed by atoms with Crippen molar-refractivity contribution in [2.24, 2.45) is 12.0 Å². The van der Waals surface area contributed by atoms with Gasteiger partial charge in [0, 0.05) is 51.4 Å². The zero-order valence-electron chi connectivity index (χ0n) is 13.0. The molecule has 2 aromatic heterocycles. The summed E-state index contributed by atoms with van der Waals surface area (Å²) < 4.78 is 7.19. The smallest absolute Gasteiger partial charge is 0.191 e. The summed E-state index contributed by atoms with van der Waals surface area (Å²) in [6.07, 6.45) is 6.98. The summed E-state index contributed by atoms with van der Waals surface area (Å²) >= 11 is 0. The number of aromatic nitrogens is 2. The maximum Gasteiger partial charge on any atom is 0.191 e. The van der Waals surface area contributed by atoms with Crippen LogP contribution < -0.4 is 10.6 Å². The Morgan fingerprint density at radius 2 is 2.32 bits per heavy atom. The van der Waals surface area contributed by atoms with Crippen LogP contribution in [0.3, 0.4) is 0 Å². The van der Waals surface area contributed by atoms with Gasteiger partial charge < -0.3 is 15.1 Å². The van der Waals surface area contributed by atoms with Gasteiger partial charge in [-0.05, 0) is 18.2 Å². The Labute approximate surface area is 130 Å². The molecule has 0 radical (unpaired) electrons. The minimum absolute atomic E-state index is 0.672. The maximum atomic E-state index is 5.30. The molecule has 2 rings (SSSR count). The van der Waals surface area contributed by atoms with Crippen LogP contribution in [-0.2, 0) is 19.9 Å².